The smallest absolute Gasteiger partial charge is 0.408 e. The molecule has 0 saturated heterocycles. The van der Waals surface area contributed by atoms with Crippen molar-refractivity contribution in [3.8, 4) is 0 Å². The number of hydrogen-bond donors (Lipinski definition) is 2. The summed E-state index contributed by atoms with van der Waals surface area (Å²) in [4.78, 5) is 22.5. The normalized spacial score (nSPS) is 19.3. The molecule has 0 aromatic heterocycles. The second kappa shape index (κ2) is 5.38. The fourth-order valence-corrected chi connectivity index (χ4v) is 1.87. The van der Waals surface area contributed by atoms with E-state index in [-0.39, 0.29) is 5.92 Å². The zero-order valence-electron chi connectivity index (χ0n) is 10.7. The third-order valence-electron chi connectivity index (χ3n) is 3.05. The first-order valence-corrected chi connectivity index (χ1v) is 6.05. The maximum Gasteiger partial charge on any atom is 0.408 e. The number of alkyl carbamates (subject to hydrolysis) is 1. The molecule has 0 aromatic carbocycles. The Morgan fingerprint density at radius 1 is 1.41 bits per heavy atom. The number of carboxylic acids is 1. The monoisotopic (exact) mass is 243 g/mol. The van der Waals surface area contributed by atoms with Crippen LogP contribution >= 0.6 is 0 Å². The summed E-state index contributed by atoms with van der Waals surface area (Å²) in [5.74, 6) is -0.815. The maximum atomic E-state index is 11.6. The lowest BCUT2D eigenvalue weighted by atomic mass is 9.82. The minimum absolute atomic E-state index is 0.204. The van der Waals surface area contributed by atoms with Gasteiger partial charge >= 0.3 is 12.1 Å². The Balaban J connectivity index is 2.43. The number of carbonyl (C=O) groups is 2. The van der Waals surface area contributed by atoms with Crippen LogP contribution in [0.3, 0.4) is 0 Å². The van der Waals surface area contributed by atoms with Crippen LogP contribution in [0, 0.1) is 5.92 Å². The molecular formula is C12H21NO4. The van der Waals surface area contributed by atoms with Gasteiger partial charge in [0.2, 0.25) is 0 Å². The van der Waals surface area contributed by atoms with Crippen LogP contribution in [-0.2, 0) is 9.53 Å². The van der Waals surface area contributed by atoms with Crippen molar-refractivity contribution in [2.24, 2.45) is 5.92 Å². The second-order valence-corrected chi connectivity index (χ2v) is 5.36. The highest BCUT2D eigenvalue weighted by molar-refractivity contribution is 5.80. The standard InChI is InChI=1S/C12H21NO4/c1-8(2)7-9(10(14)15)13-11(16)17-12(3)5-4-6-12/h8-9H,4-7H2,1-3H3,(H,13,16)(H,14,15)/t9-/m0/s1. The molecule has 5 heteroatoms. The van der Waals surface area contributed by atoms with Crippen molar-refractivity contribution < 1.29 is 19.4 Å². The van der Waals surface area contributed by atoms with Crippen LogP contribution in [0.1, 0.15) is 46.5 Å². The summed E-state index contributed by atoms with van der Waals surface area (Å²) in [6.07, 6.45) is 2.53. The molecule has 0 unspecified atom stereocenters. The molecule has 17 heavy (non-hydrogen) atoms. The average molecular weight is 243 g/mol. The molecule has 98 valence electrons. The van der Waals surface area contributed by atoms with Crippen LogP contribution in [0.5, 0.6) is 0 Å². The lowest BCUT2D eigenvalue weighted by Crippen LogP contribution is -2.47. The highest BCUT2D eigenvalue weighted by Crippen LogP contribution is 2.34. The molecule has 1 fully saturated rings. The van der Waals surface area contributed by atoms with Crippen molar-refractivity contribution in [2.45, 2.75) is 58.1 Å². The van der Waals surface area contributed by atoms with E-state index in [9.17, 15) is 9.59 Å². The van der Waals surface area contributed by atoms with Gasteiger partial charge in [-0.15, -0.1) is 0 Å². The van der Waals surface area contributed by atoms with E-state index in [1.165, 1.54) is 0 Å². The minimum Gasteiger partial charge on any atom is -0.480 e. The van der Waals surface area contributed by atoms with Gasteiger partial charge in [-0.2, -0.15) is 0 Å². The summed E-state index contributed by atoms with van der Waals surface area (Å²) >= 11 is 0. The number of carboxylic acid groups (broad SMARTS) is 1. The summed E-state index contributed by atoms with van der Waals surface area (Å²) in [5.41, 5.74) is -0.398. The number of rotatable bonds is 5. The fraction of sp³-hybridized carbons (Fsp3) is 0.833. The number of nitrogens with one attached hydrogen (secondary N) is 1. The average Bonchev–Trinajstić information content (AvgIpc) is 2.13. The Hall–Kier alpha value is -1.26. The van der Waals surface area contributed by atoms with Gasteiger partial charge in [-0.1, -0.05) is 13.8 Å². The van der Waals surface area contributed by atoms with E-state index < -0.39 is 23.7 Å². The molecule has 1 rings (SSSR count). The zero-order chi connectivity index (χ0) is 13.1. The molecule has 2 N–H and O–H groups in total. The SMILES string of the molecule is CC(C)C[C@H](NC(=O)OC1(C)CCC1)C(=O)O. The Kier molecular flexibility index (Phi) is 4.37. The molecule has 0 aromatic rings. The van der Waals surface area contributed by atoms with Gasteiger partial charge in [-0.3, -0.25) is 0 Å². The van der Waals surface area contributed by atoms with Gasteiger partial charge in [0.25, 0.3) is 0 Å². The second-order valence-electron chi connectivity index (χ2n) is 5.36. The Morgan fingerprint density at radius 3 is 2.35 bits per heavy atom. The first-order chi connectivity index (χ1) is 7.82. The highest BCUT2D eigenvalue weighted by atomic mass is 16.6. The van der Waals surface area contributed by atoms with E-state index >= 15 is 0 Å². The molecule has 1 saturated carbocycles. The third-order valence-corrected chi connectivity index (χ3v) is 3.05. The molecular weight excluding hydrogens is 222 g/mol. The summed E-state index contributed by atoms with van der Waals surface area (Å²) in [5, 5.41) is 11.4. The molecule has 1 amide bonds. The van der Waals surface area contributed by atoms with Gasteiger partial charge < -0.3 is 15.2 Å². The molecule has 1 aliphatic carbocycles. The van der Waals surface area contributed by atoms with Crippen LogP contribution in [0.25, 0.3) is 0 Å². The van der Waals surface area contributed by atoms with Crippen molar-refractivity contribution in [3.63, 3.8) is 0 Å². The van der Waals surface area contributed by atoms with Crippen LogP contribution in [0.15, 0.2) is 0 Å². The molecule has 5 nitrogen and oxygen atoms in total. The van der Waals surface area contributed by atoms with Crippen LogP contribution in [-0.4, -0.2) is 28.8 Å². The molecule has 0 radical (unpaired) electrons. The topological polar surface area (TPSA) is 75.6 Å². The predicted octanol–water partition coefficient (Wildman–Crippen LogP) is 2.15. The summed E-state index contributed by atoms with van der Waals surface area (Å²) in [7, 11) is 0. The Bertz CT molecular complexity index is 297. The van der Waals surface area contributed by atoms with Crippen molar-refractivity contribution in [3.05, 3.63) is 0 Å². The lowest BCUT2D eigenvalue weighted by Gasteiger charge is -2.37. The summed E-state index contributed by atoms with van der Waals surface area (Å²) < 4.78 is 5.22. The lowest BCUT2D eigenvalue weighted by molar-refractivity contribution is -0.140. The zero-order valence-corrected chi connectivity index (χ0v) is 10.7. The van der Waals surface area contributed by atoms with Gasteiger partial charge in [0.05, 0.1) is 0 Å². The Labute approximate surface area is 102 Å². The highest BCUT2D eigenvalue weighted by Gasteiger charge is 2.36. The van der Waals surface area contributed by atoms with Crippen LogP contribution in [0.4, 0.5) is 4.79 Å². The molecule has 1 atom stereocenters. The number of ether oxygens (including phenoxy) is 1. The quantitative estimate of drug-likeness (QED) is 0.775. The summed E-state index contributed by atoms with van der Waals surface area (Å²) in [6, 6.07) is -0.869. The van der Waals surface area contributed by atoms with E-state index in [0.29, 0.717) is 6.42 Å². The van der Waals surface area contributed by atoms with E-state index in [1.807, 2.05) is 20.8 Å². The number of aliphatic carboxylic acids is 1. The van der Waals surface area contributed by atoms with Crippen molar-refractivity contribution in [1.82, 2.24) is 5.32 Å². The molecule has 0 heterocycles. The predicted molar refractivity (Wildman–Crippen MR) is 62.8 cm³/mol. The first kappa shape index (κ1) is 13.8. The van der Waals surface area contributed by atoms with Crippen LogP contribution < -0.4 is 5.32 Å². The van der Waals surface area contributed by atoms with Gasteiger partial charge in [0.1, 0.15) is 11.6 Å². The number of amides is 1. The maximum absolute atomic E-state index is 11.6. The van der Waals surface area contributed by atoms with Gasteiger partial charge in [-0.05, 0) is 38.5 Å². The van der Waals surface area contributed by atoms with E-state index in [1.54, 1.807) is 0 Å². The minimum atomic E-state index is -1.02. The van der Waals surface area contributed by atoms with Crippen molar-refractivity contribution in [1.29, 1.82) is 0 Å². The molecule has 0 bridgehead atoms. The largest absolute Gasteiger partial charge is 0.480 e. The summed E-state index contributed by atoms with van der Waals surface area (Å²) in [6.45, 7) is 5.70. The number of carbonyl (C=O) groups excluding carboxylic acids is 1. The third kappa shape index (κ3) is 4.24. The van der Waals surface area contributed by atoms with E-state index in [2.05, 4.69) is 5.32 Å². The van der Waals surface area contributed by atoms with Gasteiger partial charge in [-0.25, -0.2) is 9.59 Å². The van der Waals surface area contributed by atoms with Crippen molar-refractivity contribution >= 4 is 12.1 Å². The molecule has 1 aliphatic rings. The molecule has 0 spiro atoms. The fourth-order valence-electron chi connectivity index (χ4n) is 1.87. The van der Waals surface area contributed by atoms with E-state index in [4.69, 9.17) is 9.84 Å². The Morgan fingerprint density at radius 2 is 2.00 bits per heavy atom. The van der Waals surface area contributed by atoms with Gasteiger partial charge in [0, 0.05) is 0 Å². The van der Waals surface area contributed by atoms with Gasteiger partial charge in [0.15, 0.2) is 0 Å². The van der Waals surface area contributed by atoms with Crippen LogP contribution in [0.2, 0.25) is 0 Å². The number of hydrogen-bond acceptors (Lipinski definition) is 3. The van der Waals surface area contributed by atoms with E-state index in [0.717, 1.165) is 19.3 Å². The molecule has 0 aliphatic heterocycles. The van der Waals surface area contributed by atoms with Crippen molar-refractivity contribution in [2.75, 3.05) is 0 Å². The first-order valence-electron chi connectivity index (χ1n) is 6.05.